The largest absolute Gasteiger partial charge is 0.470 e. The van der Waals surface area contributed by atoms with Gasteiger partial charge in [0.15, 0.2) is 0 Å². The molecular weight excluding hydrogens is 481 g/mol. The molecule has 142 valence electrons. The number of hydrogen-bond donors (Lipinski definition) is 1. The van der Waals surface area contributed by atoms with Crippen molar-refractivity contribution in [2.24, 2.45) is 0 Å². The van der Waals surface area contributed by atoms with E-state index in [2.05, 4.69) is 30.6 Å². The van der Waals surface area contributed by atoms with Gasteiger partial charge in [-0.05, 0) is 41.1 Å². The Kier molecular flexibility index (Phi) is 5.95. The molecule has 2 aromatic heterocycles. The number of ether oxygens (including phenoxy) is 1. The van der Waals surface area contributed by atoms with Gasteiger partial charge in [-0.1, -0.05) is 29.3 Å². The topological polar surface area (TPSA) is 94.3 Å². The van der Waals surface area contributed by atoms with Gasteiger partial charge in [0.25, 0.3) is 15.9 Å². The molecule has 7 nitrogen and oxygen atoms in total. The molecule has 0 aliphatic carbocycles. The SMILES string of the molecule is Cc1occc1COc1nc(Br)cnc1NS(=O)(=O)c1cccc(Cl)c1Cl. The van der Waals surface area contributed by atoms with Gasteiger partial charge in [0.2, 0.25) is 5.82 Å². The first kappa shape index (κ1) is 19.9. The van der Waals surface area contributed by atoms with Gasteiger partial charge in [0.1, 0.15) is 21.9 Å². The van der Waals surface area contributed by atoms with Crippen molar-refractivity contribution >= 4 is 55.0 Å². The van der Waals surface area contributed by atoms with E-state index in [0.29, 0.717) is 10.4 Å². The fourth-order valence-electron chi connectivity index (χ4n) is 2.10. The smallest absolute Gasteiger partial charge is 0.264 e. The van der Waals surface area contributed by atoms with Gasteiger partial charge in [0.05, 0.1) is 22.5 Å². The second-order valence-corrected chi connectivity index (χ2v) is 8.54. The summed E-state index contributed by atoms with van der Waals surface area (Å²) in [4.78, 5) is 7.99. The van der Waals surface area contributed by atoms with Crippen molar-refractivity contribution in [3.8, 4) is 5.88 Å². The predicted octanol–water partition coefficient (Wildman–Crippen LogP) is 4.83. The number of aromatic nitrogens is 2. The van der Waals surface area contributed by atoms with Crippen molar-refractivity contribution in [1.29, 1.82) is 0 Å². The second kappa shape index (κ2) is 8.05. The van der Waals surface area contributed by atoms with Crippen LogP contribution in [0, 0.1) is 6.92 Å². The van der Waals surface area contributed by atoms with Gasteiger partial charge in [-0.2, -0.15) is 0 Å². The first-order chi connectivity index (χ1) is 12.8. The zero-order valence-corrected chi connectivity index (χ0v) is 17.7. The van der Waals surface area contributed by atoms with Gasteiger partial charge in [0, 0.05) is 5.56 Å². The van der Waals surface area contributed by atoms with Crippen molar-refractivity contribution in [3.05, 3.63) is 62.7 Å². The number of furan rings is 1. The number of nitrogens with zero attached hydrogens (tertiary/aromatic N) is 2. The Balaban J connectivity index is 1.90. The summed E-state index contributed by atoms with van der Waals surface area (Å²) in [5.74, 6) is 0.591. The molecule has 3 aromatic rings. The second-order valence-electron chi connectivity index (χ2n) is 5.29. The summed E-state index contributed by atoms with van der Waals surface area (Å²) in [7, 11) is -4.06. The molecule has 0 radical (unpaired) electrons. The summed E-state index contributed by atoms with van der Waals surface area (Å²) in [6, 6.07) is 6.05. The highest BCUT2D eigenvalue weighted by molar-refractivity contribution is 9.10. The highest BCUT2D eigenvalue weighted by atomic mass is 79.9. The van der Waals surface area contributed by atoms with Gasteiger partial charge in [-0.25, -0.2) is 18.4 Å². The third-order valence-corrected chi connectivity index (χ3v) is 6.17. The lowest BCUT2D eigenvalue weighted by Crippen LogP contribution is -2.16. The molecule has 27 heavy (non-hydrogen) atoms. The number of halogens is 3. The summed E-state index contributed by atoms with van der Waals surface area (Å²) in [5.41, 5.74) is 0.795. The molecule has 1 aromatic carbocycles. The molecule has 0 saturated carbocycles. The summed E-state index contributed by atoms with van der Waals surface area (Å²) in [6.07, 6.45) is 2.87. The predicted molar refractivity (Wildman–Crippen MR) is 105 cm³/mol. The molecular formula is C16H12BrCl2N3O4S. The fraction of sp³-hybridized carbons (Fsp3) is 0.125. The Morgan fingerprint density at radius 1 is 1.30 bits per heavy atom. The van der Waals surface area contributed by atoms with E-state index in [1.165, 1.54) is 30.7 Å². The van der Waals surface area contributed by atoms with Crippen LogP contribution in [-0.4, -0.2) is 18.4 Å². The molecule has 0 aliphatic heterocycles. The number of sulfonamides is 1. The van der Waals surface area contributed by atoms with Crippen molar-refractivity contribution in [3.63, 3.8) is 0 Å². The molecule has 0 bridgehead atoms. The third-order valence-electron chi connectivity index (χ3n) is 3.48. The lowest BCUT2D eigenvalue weighted by Gasteiger charge is -2.13. The van der Waals surface area contributed by atoms with Crippen LogP contribution in [0.1, 0.15) is 11.3 Å². The molecule has 3 rings (SSSR count). The minimum Gasteiger partial charge on any atom is -0.470 e. The van der Waals surface area contributed by atoms with E-state index >= 15 is 0 Å². The zero-order valence-electron chi connectivity index (χ0n) is 13.7. The summed E-state index contributed by atoms with van der Waals surface area (Å²) >= 11 is 15.1. The van der Waals surface area contributed by atoms with E-state index in [9.17, 15) is 8.42 Å². The van der Waals surface area contributed by atoms with Crippen LogP contribution in [0.5, 0.6) is 5.88 Å². The number of anilines is 1. The lowest BCUT2D eigenvalue weighted by molar-refractivity contribution is 0.291. The van der Waals surface area contributed by atoms with E-state index in [4.69, 9.17) is 32.4 Å². The van der Waals surface area contributed by atoms with Crippen LogP contribution in [-0.2, 0) is 16.6 Å². The lowest BCUT2D eigenvalue weighted by atomic mass is 10.3. The van der Waals surface area contributed by atoms with Crippen LogP contribution in [0.15, 0.2) is 50.6 Å². The third kappa shape index (κ3) is 4.55. The number of nitrogens with one attached hydrogen (secondary N) is 1. The average Bonchev–Trinajstić information content (AvgIpc) is 3.02. The van der Waals surface area contributed by atoms with Gasteiger partial charge in [-0.3, -0.25) is 4.72 Å². The number of benzene rings is 1. The molecule has 0 fully saturated rings. The number of hydrogen-bond acceptors (Lipinski definition) is 6. The first-order valence-corrected chi connectivity index (χ1v) is 10.5. The number of aryl methyl sites for hydroxylation is 1. The highest BCUT2D eigenvalue weighted by Crippen LogP contribution is 2.31. The maximum absolute atomic E-state index is 12.7. The molecule has 0 spiro atoms. The maximum atomic E-state index is 12.7. The van der Waals surface area contributed by atoms with Crippen LogP contribution in [0.2, 0.25) is 10.0 Å². The van der Waals surface area contributed by atoms with Crippen LogP contribution in [0.25, 0.3) is 0 Å². The highest BCUT2D eigenvalue weighted by Gasteiger charge is 2.23. The minimum absolute atomic E-state index is 0.00768. The summed E-state index contributed by atoms with van der Waals surface area (Å²) in [5, 5.41) is 0.0292. The van der Waals surface area contributed by atoms with Crippen LogP contribution in [0.3, 0.4) is 0 Å². The van der Waals surface area contributed by atoms with Gasteiger partial charge in [-0.15, -0.1) is 0 Å². The Morgan fingerprint density at radius 3 is 2.78 bits per heavy atom. The van der Waals surface area contributed by atoms with E-state index in [1.54, 1.807) is 13.0 Å². The van der Waals surface area contributed by atoms with Gasteiger partial charge < -0.3 is 9.15 Å². The molecule has 1 N–H and O–H groups in total. The molecule has 0 aliphatic rings. The van der Waals surface area contributed by atoms with E-state index in [-0.39, 0.29) is 33.2 Å². The monoisotopic (exact) mass is 491 g/mol. The van der Waals surface area contributed by atoms with E-state index < -0.39 is 10.0 Å². The van der Waals surface area contributed by atoms with Crippen LogP contribution < -0.4 is 9.46 Å². The average molecular weight is 493 g/mol. The Bertz CT molecular complexity index is 1090. The molecule has 0 saturated heterocycles. The fourth-order valence-corrected chi connectivity index (χ4v) is 4.14. The van der Waals surface area contributed by atoms with Crippen molar-refractivity contribution in [2.75, 3.05) is 4.72 Å². The Labute approximate surface area is 173 Å². The van der Waals surface area contributed by atoms with E-state index in [0.717, 1.165) is 5.56 Å². The molecule has 11 heteroatoms. The molecule has 0 atom stereocenters. The van der Waals surface area contributed by atoms with Crippen molar-refractivity contribution in [2.45, 2.75) is 18.4 Å². The Morgan fingerprint density at radius 2 is 2.07 bits per heavy atom. The van der Waals surface area contributed by atoms with Gasteiger partial charge >= 0.3 is 0 Å². The number of rotatable bonds is 6. The normalized spacial score (nSPS) is 11.4. The van der Waals surface area contributed by atoms with E-state index in [1.807, 2.05) is 0 Å². The quantitative estimate of drug-likeness (QED) is 0.529. The Hall–Kier alpha value is -1.81. The standard InChI is InChI=1S/C16H12BrCl2N3O4S/c1-9-10(5-6-25-9)8-26-16-15(20-7-13(17)21-16)22-27(23,24)12-4-2-3-11(18)14(12)19/h2-7H,8H2,1H3,(H,20,22). The first-order valence-electron chi connectivity index (χ1n) is 7.43. The molecule has 2 heterocycles. The minimum atomic E-state index is -4.06. The maximum Gasteiger partial charge on any atom is 0.264 e. The summed E-state index contributed by atoms with van der Waals surface area (Å²) in [6.45, 7) is 1.91. The van der Waals surface area contributed by atoms with Crippen LogP contribution >= 0.6 is 39.1 Å². The van der Waals surface area contributed by atoms with Crippen LogP contribution in [0.4, 0.5) is 5.82 Å². The molecule has 0 amide bonds. The van der Waals surface area contributed by atoms with Crippen molar-refractivity contribution < 1.29 is 17.6 Å². The zero-order chi connectivity index (χ0) is 19.6. The summed E-state index contributed by atoms with van der Waals surface area (Å²) < 4.78 is 38.9. The van der Waals surface area contributed by atoms with Crippen molar-refractivity contribution in [1.82, 2.24) is 9.97 Å². The molecule has 0 unspecified atom stereocenters.